The Labute approximate surface area is 197 Å². The largest absolute Gasteiger partial charge is 0.464 e. The molecule has 10 heteroatoms. The Balaban J connectivity index is 1.15. The van der Waals surface area contributed by atoms with Gasteiger partial charge in [-0.1, -0.05) is 11.3 Å². The fourth-order valence-electron chi connectivity index (χ4n) is 4.60. The molecule has 182 valence electrons. The minimum Gasteiger partial charge on any atom is -0.464 e. The standard InChI is InChI=1S/C23H33F2N5O2S/c1-16-7-12-30(28-16)14-21(31)26-18-5-3-17(4-6-18)8-10-29-11-9-20-19(13-29)27-22(33-20)32-15-23(2,24)25/h7,12,17-18H,3-6,8-11,13-15H2,1-2H3,(H,26,31)/t17-,18-. The molecule has 0 bridgehead atoms. The number of hydrogen-bond donors (Lipinski definition) is 1. The zero-order valence-electron chi connectivity index (χ0n) is 19.4. The second kappa shape index (κ2) is 10.5. The molecule has 1 amide bonds. The molecular formula is C23H33F2N5O2S. The Kier molecular flexibility index (Phi) is 7.63. The van der Waals surface area contributed by atoms with E-state index < -0.39 is 12.5 Å². The maximum absolute atomic E-state index is 13.0. The van der Waals surface area contributed by atoms with Crippen LogP contribution in [0.3, 0.4) is 0 Å². The van der Waals surface area contributed by atoms with Gasteiger partial charge in [0.25, 0.3) is 11.1 Å². The highest BCUT2D eigenvalue weighted by Crippen LogP contribution is 2.32. The summed E-state index contributed by atoms with van der Waals surface area (Å²) in [6, 6.07) is 2.16. The number of aryl methyl sites for hydroxylation is 1. The summed E-state index contributed by atoms with van der Waals surface area (Å²) in [6.07, 6.45) is 8.17. The van der Waals surface area contributed by atoms with E-state index in [-0.39, 0.29) is 18.5 Å². The molecule has 1 saturated carbocycles. The van der Waals surface area contributed by atoms with E-state index >= 15 is 0 Å². The summed E-state index contributed by atoms with van der Waals surface area (Å²) in [5.74, 6) is -2.15. The van der Waals surface area contributed by atoms with E-state index in [0.29, 0.717) is 11.1 Å². The molecule has 1 fully saturated rings. The Morgan fingerprint density at radius 1 is 1.33 bits per heavy atom. The van der Waals surface area contributed by atoms with E-state index in [9.17, 15) is 13.6 Å². The number of alkyl halides is 2. The quantitative estimate of drug-likeness (QED) is 0.590. The average Bonchev–Trinajstić information content (AvgIpc) is 3.36. The molecule has 0 saturated heterocycles. The number of thiazole rings is 1. The van der Waals surface area contributed by atoms with Crippen LogP contribution in [0.25, 0.3) is 0 Å². The van der Waals surface area contributed by atoms with Crippen LogP contribution in [0.1, 0.15) is 55.3 Å². The minimum atomic E-state index is -2.85. The Morgan fingerprint density at radius 3 is 2.82 bits per heavy atom. The van der Waals surface area contributed by atoms with Crippen molar-refractivity contribution in [1.82, 2.24) is 25.0 Å². The number of rotatable bonds is 9. The highest BCUT2D eigenvalue weighted by molar-refractivity contribution is 7.13. The van der Waals surface area contributed by atoms with Crippen LogP contribution >= 0.6 is 11.3 Å². The van der Waals surface area contributed by atoms with Crippen LogP contribution in [0.15, 0.2) is 12.3 Å². The van der Waals surface area contributed by atoms with Crippen molar-refractivity contribution in [1.29, 1.82) is 0 Å². The summed E-state index contributed by atoms with van der Waals surface area (Å²) in [5.41, 5.74) is 1.89. The molecule has 3 heterocycles. The maximum atomic E-state index is 13.0. The number of nitrogens with one attached hydrogen (secondary N) is 1. The summed E-state index contributed by atoms with van der Waals surface area (Å²) < 4.78 is 32.9. The Morgan fingerprint density at radius 2 is 2.12 bits per heavy atom. The highest BCUT2D eigenvalue weighted by Gasteiger charge is 2.27. The van der Waals surface area contributed by atoms with Gasteiger partial charge >= 0.3 is 0 Å². The number of carbonyl (C=O) groups excluding carboxylic acids is 1. The first-order valence-corrected chi connectivity index (χ1v) is 12.6. The van der Waals surface area contributed by atoms with Crippen molar-refractivity contribution in [2.75, 3.05) is 19.7 Å². The lowest BCUT2D eigenvalue weighted by Gasteiger charge is -2.32. The van der Waals surface area contributed by atoms with Crippen molar-refractivity contribution in [2.45, 2.75) is 77.4 Å². The summed E-state index contributed by atoms with van der Waals surface area (Å²) in [4.78, 5) is 20.3. The number of fused-ring (bicyclic) bond motifs is 1. The summed E-state index contributed by atoms with van der Waals surface area (Å²) in [7, 11) is 0. The lowest BCUT2D eigenvalue weighted by Crippen LogP contribution is -2.40. The van der Waals surface area contributed by atoms with Gasteiger partial charge in [0.15, 0.2) is 6.61 Å². The van der Waals surface area contributed by atoms with Gasteiger partial charge in [-0.15, -0.1) is 0 Å². The van der Waals surface area contributed by atoms with Crippen LogP contribution in [-0.2, 0) is 24.3 Å². The van der Waals surface area contributed by atoms with E-state index in [2.05, 4.69) is 20.3 Å². The van der Waals surface area contributed by atoms with E-state index in [0.717, 1.165) is 81.3 Å². The van der Waals surface area contributed by atoms with Gasteiger partial charge in [0.1, 0.15) is 6.54 Å². The molecule has 0 aromatic carbocycles. The molecule has 0 atom stereocenters. The molecule has 4 rings (SSSR count). The number of halogens is 2. The van der Waals surface area contributed by atoms with Crippen molar-refractivity contribution >= 4 is 17.2 Å². The van der Waals surface area contributed by atoms with E-state index in [1.807, 2.05) is 19.2 Å². The smallest absolute Gasteiger partial charge is 0.278 e. The van der Waals surface area contributed by atoms with Gasteiger partial charge in [0.05, 0.1) is 11.4 Å². The van der Waals surface area contributed by atoms with Crippen molar-refractivity contribution in [3.63, 3.8) is 0 Å². The highest BCUT2D eigenvalue weighted by atomic mass is 32.1. The number of ether oxygens (including phenoxy) is 1. The molecule has 33 heavy (non-hydrogen) atoms. The van der Waals surface area contributed by atoms with E-state index in [1.54, 1.807) is 4.68 Å². The van der Waals surface area contributed by atoms with E-state index in [1.165, 1.54) is 11.3 Å². The second-order valence-corrected chi connectivity index (χ2v) is 10.5. The molecule has 0 unspecified atom stereocenters. The molecule has 1 aliphatic heterocycles. The first kappa shape index (κ1) is 24.1. The van der Waals surface area contributed by atoms with Crippen molar-refractivity contribution in [3.05, 3.63) is 28.5 Å². The SMILES string of the molecule is Cc1ccn(CC(=O)N[C@H]2CC[C@H](CCN3CCc4sc(OCC(C)(F)F)nc4C3)CC2)n1. The Bertz CT molecular complexity index is 934. The van der Waals surface area contributed by atoms with Gasteiger partial charge < -0.3 is 10.1 Å². The normalized spacial score (nSPS) is 21.6. The molecule has 2 aliphatic rings. The molecule has 0 spiro atoms. The number of aromatic nitrogens is 3. The average molecular weight is 482 g/mol. The van der Waals surface area contributed by atoms with Gasteiger partial charge in [-0.2, -0.15) is 5.10 Å². The summed E-state index contributed by atoms with van der Waals surface area (Å²) in [5, 5.41) is 7.78. The molecule has 2 aromatic rings. The van der Waals surface area contributed by atoms with Gasteiger partial charge in [-0.3, -0.25) is 14.4 Å². The lowest BCUT2D eigenvalue weighted by atomic mass is 9.84. The van der Waals surface area contributed by atoms with Crippen molar-refractivity contribution < 1.29 is 18.3 Å². The molecule has 2 aromatic heterocycles. The fourth-order valence-corrected chi connectivity index (χ4v) is 5.51. The number of hydrogen-bond acceptors (Lipinski definition) is 6. The van der Waals surface area contributed by atoms with Crippen molar-refractivity contribution in [2.24, 2.45) is 5.92 Å². The zero-order valence-corrected chi connectivity index (χ0v) is 20.2. The maximum Gasteiger partial charge on any atom is 0.278 e. The fraction of sp³-hybridized carbons (Fsp3) is 0.696. The number of carbonyl (C=O) groups is 1. The van der Waals surface area contributed by atoms with Crippen molar-refractivity contribution in [3.8, 4) is 5.19 Å². The second-order valence-electron chi connectivity index (χ2n) is 9.46. The van der Waals surface area contributed by atoms with Crippen LogP contribution < -0.4 is 10.1 Å². The third-order valence-corrected chi connectivity index (χ3v) is 7.45. The van der Waals surface area contributed by atoms with Crippen LogP contribution in [0, 0.1) is 12.8 Å². The van der Waals surface area contributed by atoms with Gasteiger partial charge in [-0.05, 0) is 64.0 Å². The van der Waals surface area contributed by atoms with E-state index in [4.69, 9.17) is 4.74 Å². The molecule has 7 nitrogen and oxygen atoms in total. The van der Waals surface area contributed by atoms with Gasteiger partial charge in [0, 0.05) is 37.1 Å². The van der Waals surface area contributed by atoms with Crippen LogP contribution in [0.2, 0.25) is 0 Å². The first-order valence-electron chi connectivity index (χ1n) is 11.7. The zero-order chi connectivity index (χ0) is 23.4. The Hall–Kier alpha value is -2.07. The van der Waals surface area contributed by atoms with Crippen LogP contribution in [-0.4, -0.2) is 57.2 Å². The topological polar surface area (TPSA) is 72.3 Å². The summed E-state index contributed by atoms with van der Waals surface area (Å²) >= 11 is 1.40. The van der Waals surface area contributed by atoms with Gasteiger partial charge in [0.2, 0.25) is 5.91 Å². The summed E-state index contributed by atoms with van der Waals surface area (Å²) in [6.45, 7) is 5.15. The monoisotopic (exact) mass is 481 g/mol. The first-order chi connectivity index (χ1) is 15.7. The molecular weight excluding hydrogens is 448 g/mol. The van der Waals surface area contributed by atoms with Gasteiger partial charge in [-0.25, -0.2) is 13.8 Å². The van der Waals surface area contributed by atoms with Crippen LogP contribution in [0.4, 0.5) is 8.78 Å². The third-order valence-electron chi connectivity index (χ3n) is 6.38. The van der Waals surface area contributed by atoms with Crippen LogP contribution in [0.5, 0.6) is 5.19 Å². The molecule has 1 N–H and O–H groups in total. The number of nitrogens with zero attached hydrogens (tertiary/aromatic N) is 4. The number of amides is 1. The minimum absolute atomic E-state index is 0.0277. The lowest BCUT2D eigenvalue weighted by molar-refractivity contribution is -0.122. The predicted molar refractivity (Wildman–Crippen MR) is 123 cm³/mol. The third kappa shape index (κ3) is 7.20. The molecule has 0 radical (unpaired) electrons. The molecule has 1 aliphatic carbocycles. The predicted octanol–water partition coefficient (Wildman–Crippen LogP) is 3.81.